The fourth-order valence-electron chi connectivity index (χ4n) is 1.74. The normalized spacial score (nSPS) is 22.4. The van der Waals surface area contributed by atoms with E-state index >= 15 is 0 Å². The van der Waals surface area contributed by atoms with Gasteiger partial charge < -0.3 is 14.2 Å². The van der Waals surface area contributed by atoms with Crippen LogP contribution in [0.5, 0.6) is 0 Å². The number of ether oxygens (including phenoxy) is 3. The Bertz CT molecular complexity index is 237. The van der Waals surface area contributed by atoms with E-state index in [4.69, 9.17) is 14.2 Å². The van der Waals surface area contributed by atoms with E-state index in [2.05, 4.69) is 6.92 Å². The molecule has 2 bridgehead atoms. The molecule has 3 rings (SSSR count). The zero-order valence-electron chi connectivity index (χ0n) is 8.97. The summed E-state index contributed by atoms with van der Waals surface area (Å²) in [5.74, 6) is -0.0190. The Morgan fingerprint density at radius 2 is 2.00 bits per heavy atom. The van der Waals surface area contributed by atoms with Gasteiger partial charge in [-0.2, -0.15) is 0 Å². The van der Waals surface area contributed by atoms with Crippen LogP contribution in [0, 0.1) is 0 Å². The molecule has 0 radical (unpaired) electrons. The lowest BCUT2D eigenvalue weighted by Crippen LogP contribution is -2.51. The second kappa shape index (κ2) is 3.81. The summed E-state index contributed by atoms with van der Waals surface area (Å²) < 4.78 is 16.5. The Kier molecular flexibility index (Phi) is 2.68. The minimum Gasteiger partial charge on any atom is -0.397 e. The summed E-state index contributed by atoms with van der Waals surface area (Å²) in [6.07, 6.45) is 5.72. The van der Waals surface area contributed by atoms with Crippen LogP contribution in [0.1, 0.15) is 46.0 Å². The van der Waals surface area contributed by atoms with Gasteiger partial charge in [-0.1, -0.05) is 26.2 Å². The van der Waals surface area contributed by atoms with Crippen molar-refractivity contribution in [2.24, 2.45) is 0 Å². The maximum absolute atomic E-state index is 5.52. The smallest absolute Gasteiger partial charge is 0.376 e. The predicted octanol–water partition coefficient (Wildman–Crippen LogP) is 2.92. The Balaban J connectivity index is 1.73. The third-order valence-corrected chi connectivity index (χ3v) is 2.69. The molecular formula is C11H18O3. The lowest BCUT2D eigenvalue weighted by atomic mass is 10.1. The minimum absolute atomic E-state index is 0.656. The Labute approximate surface area is 85.0 Å². The van der Waals surface area contributed by atoms with Crippen molar-refractivity contribution >= 4 is 0 Å². The zero-order chi connectivity index (χ0) is 10.0. The highest BCUT2D eigenvalue weighted by Gasteiger charge is 2.51. The lowest BCUT2D eigenvalue weighted by Gasteiger charge is -2.46. The van der Waals surface area contributed by atoms with Gasteiger partial charge >= 0.3 is 5.97 Å². The molecule has 0 atom stereocenters. The predicted molar refractivity (Wildman–Crippen MR) is 52.3 cm³/mol. The maximum Gasteiger partial charge on any atom is 0.376 e. The average Bonchev–Trinajstić information content (AvgIpc) is 2.13. The van der Waals surface area contributed by atoms with Crippen LogP contribution in [0.4, 0.5) is 0 Å². The Morgan fingerprint density at radius 3 is 2.57 bits per heavy atom. The number of fused-ring (bicyclic) bond motifs is 2. The van der Waals surface area contributed by atoms with E-state index in [9.17, 15) is 0 Å². The fraction of sp³-hybridized carbons (Fsp3) is 0.818. The van der Waals surface area contributed by atoms with Crippen LogP contribution in [0.25, 0.3) is 0 Å². The molecule has 3 heteroatoms. The van der Waals surface area contributed by atoms with E-state index in [-0.39, 0.29) is 0 Å². The molecule has 1 fully saturated rings. The van der Waals surface area contributed by atoms with E-state index in [1.807, 2.05) is 6.92 Å². The summed E-state index contributed by atoms with van der Waals surface area (Å²) in [5, 5.41) is 0. The van der Waals surface area contributed by atoms with Crippen molar-refractivity contribution in [3.63, 3.8) is 0 Å². The van der Waals surface area contributed by atoms with E-state index in [1.165, 1.54) is 19.3 Å². The number of unbranched alkanes of at least 4 members (excludes halogenated alkanes) is 3. The minimum atomic E-state index is -0.706. The van der Waals surface area contributed by atoms with Crippen LogP contribution in [0.3, 0.4) is 0 Å². The molecule has 0 unspecified atom stereocenters. The van der Waals surface area contributed by atoms with Crippen molar-refractivity contribution in [1.29, 1.82) is 0 Å². The van der Waals surface area contributed by atoms with Gasteiger partial charge in [-0.25, -0.2) is 0 Å². The topological polar surface area (TPSA) is 27.7 Å². The van der Waals surface area contributed by atoms with Crippen LogP contribution in [-0.2, 0) is 14.2 Å². The largest absolute Gasteiger partial charge is 0.397 e. The molecule has 0 saturated carbocycles. The molecule has 1 saturated heterocycles. The van der Waals surface area contributed by atoms with Gasteiger partial charge in [0.1, 0.15) is 0 Å². The van der Waals surface area contributed by atoms with Gasteiger partial charge in [-0.15, -0.1) is 0 Å². The summed E-state index contributed by atoms with van der Waals surface area (Å²) in [6, 6.07) is 0. The molecule has 0 aromatic rings. The van der Waals surface area contributed by atoms with Gasteiger partial charge in [0, 0.05) is 5.57 Å². The van der Waals surface area contributed by atoms with Crippen LogP contribution in [0.2, 0.25) is 0 Å². The van der Waals surface area contributed by atoms with Crippen molar-refractivity contribution in [3.8, 4) is 0 Å². The molecule has 0 spiro atoms. The van der Waals surface area contributed by atoms with E-state index in [0.29, 0.717) is 12.6 Å². The summed E-state index contributed by atoms with van der Waals surface area (Å²) in [4.78, 5) is 0. The molecule has 14 heavy (non-hydrogen) atoms. The third kappa shape index (κ3) is 1.73. The van der Waals surface area contributed by atoms with E-state index in [1.54, 1.807) is 0 Å². The first kappa shape index (κ1) is 9.84. The molecule has 80 valence electrons. The summed E-state index contributed by atoms with van der Waals surface area (Å²) in [7, 11) is 0. The monoisotopic (exact) mass is 198 g/mol. The fourth-order valence-corrected chi connectivity index (χ4v) is 1.74. The second-order valence-corrected chi connectivity index (χ2v) is 4.05. The van der Waals surface area contributed by atoms with Crippen LogP contribution >= 0.6 is 0 Å². The van der Waals surface area contributed by atoms with Gasteiger partial charge in [0.25, 0.3) is 5.95 Å². The quantitative estimate of drug-likeness (QED) is 0.636. The molecule has 3 aliphatic rings. The van der Waals surface area contributed by atoms with Crippen molar-refractivity contribution in [2.45, 2.75) is 51.9 Å². The van der Waals surface area contributed by atoms with Crippen LogP contribution in [-0.4, -0.2) is 12.6 Å². The Morgan fingerprint density at radius 1 is 1.21 bits per heavy atom. The first-order chi connectivity index (χ1) is 6.76. The summed E-state index contributed by atoms with van der Waals surface area (Å²) in [6.45, 7) is 4.83. The molecule has 0 aliphatic carbocycles. The van der Waals surface area contributed by atoms with Gasteiger partial charge in [-0.3, -0.25) is 0 Å². The molecule has 0 aromatic carbocycles. The Hall–Kier alpha value is -0.700. The van der Waals surface area contributed by atoms with Crippen LogP contribution < -0.4 is 0 Å². The summed E-state index contributed by atoms with van der Waals surface area (Å²) in [5.41, 5.74) is 1.06. The van der Waals surface area contributed by atoms with Gasteiger partial charge in [0.15, 0.2) is 0 Å². The van der Waals surface area contributed by atoms with E-state index < -0.39 is 5.97 Å². The average molecular weight is 198 g/mol. The molecule has 3 heterocycles. The van der Waals surface area contributed by atoms with Gasteiger partial charge in [0.05, 0.1) is 13.0 Å². The first-order valence-corrected chi connectivity index (χ1v) is 5.47. The third-order valence-electron chi connectivity index (χ3n) is 2.69. The highest BCUT2D eigenvalue weighted by molar-refractivity contribution is 5.09. The number of hydrogen-bond donors (Lipinski definition) is 0. The van der Waals surface area contributed by atoms with Gasteiger partial charge in [0.2, 0.25) is 0 Å². The molecule has 0 N–H and O–H groups in total. The van der Waals surface area contributed by atoms with Crippen molar-refractivity contribution < 1.29 is 14.2 Å². The maximum atomic E-state index is 5.52. The molecule has 3 aliphatic heterocycles. The zero-order valence-corrected chi connectivity index (χ0v) is 8.97. The lowest BCUT2D eigenvalue weighted by molar-refractivity contribution is -0.468. The molecule has 0 aromatic heterocycles. The van der Waals surface area contributed by atoms with Crippen molar-refractivity contribution in [2.75, 3.05) is 6.61 Å². The van der Waals surface area contributed by atoms with Crippen molar-refractivity contribution in [1.82, 2.24) is 0 Å². The first-order valence-electron chi connectivity index (χ1n) is 5.47. The highest BCUT2D eigenvalue weighted by atomic mass is 17.0. The highest BCUT2D eigenvalue weighted by Crippen LogP contribution is 2.43. The summed E-state index contributed by atoms with van der Waals surface area (Å²) >= 11 is 0. The molecule has 3 nitrogen and oxygen atoms in total. The number of rotatable bonds is 5. The molecular weight excluding hydrogens is 180 g/mol. The molecule has 0 amide bonds. The SMILES string of the molecule is CCCCCCC12OCC(C)=C(O1)O2. The second-order valence-electron chi connectivity index (χ2n) is 4.05. The van der Waals surface area contributed by atoms with Crippen molar-refractivity contribution in [3.05, 3.63) is 11.5 Å². The van der Waals surface area contributed by atoms with Crippen LogP contribution in [0.15, 0.2) is 11.5 Å². The standard InChI is InChI=1S/C11H18O3/c1-3-4-5-6-7-11-12-8-9(2)10(13-11)14-11/h3-8H2,1-2H3. The number of hydrogen-bond acceptors (Lipinski definition) is 3. The van der Waals surface area contributed by atoms with Gasteiger partial charge in [-0.05, 0) is 13.3 Å². The van der Waals surface area contributed by atoms with E-state index in [0.717, 1.165) is 18.4 Å².